The Morgan fingerprint density at radius 3 is 1.68 bits per heavy atom. The van der Waals surface area contributed by atoms with Crippen molar-refractivity contribution in [3.8, 4) is 67.3 Å². The van der Waals surface area contributed by atoms with Crippen LogP contribution in [0.4, 0.5) is 0 Å². The third-order valence-electron chi connectivity index (χ3n) is 8.89. The first-order valence-electron chi connectivity index (χ1n) is 25.9. The quantitative estimate of drug-likeness (QED) is 0.163. The minimum absolute atomic E-state index is 0.208. The summed E-state index contributed by atoms with van der Waals surface area (Å²) in [5.41, 5.74) is -1.80. The second-order valence-electron chi connectivity index (χ2n) is 11.9. The average molecular weight is 696 g/mol. The van der Waals surface area contributed by atoms with Crippen molar-refractivity contribution in [2.45, 2.75) is 0 Å². The second-order valence-corrected chi connectivity index (χ2v) is 11.9. The van der Waals surface area contributed by atoms with Gasteiger partial charge in [0.05, 0.1) is 42.8 Å². The molecular formula is C50H32N2O. The van der Waals surface area contributed by atoms with Crippen LogP contribution in [0.1, 0.15) is 26.0 Å². The van der Waals surface area contributed by atoms with Crippen molar-refractivity contribution in [1.82, 2.24) is 9.97 Å². The summed E-state index contributed by atoms with van der Waals surface area (Å²) >= 11 is 0. The Morgan fingerprint density at radius 2 is 0.981 bits per heavy atom. The van der Waals surface area contributed by atoms with Crippen LogP contribution >= 0.6 is 0 Å². The maximum absolute atomic E-state index is 9.98. The Bertz CT molecular complexity index is 3970. The van der Waals surface area contributed by atoms with E-state index >= 15 is 0 Å². The van der Waals surface area contributed by atoms with Gasteiger partial charge in [-0.15, -0.1) is 0 Å². The van der Waals surface area contributed by atoms with Gasteiger partial charge in [0.1, 0.15) is 11.5 Å². The minimum atomic E-state index is -0.937. The van der Waals surface area contributed by atoms with Gasteiger partial charge < -0.3 is 4.42 Å². The Hall–Kier alpha value is -7.10. The molecule has 7 aromatic carbocycles. The van der Waals surface area contributed by atoms with Crippen LogP contribution in [0, 0.1) is 0 Å². The second kappa shape index (κ2) is 12.9. The van der Waals surface area contributed by atoms with E-state index < -0.39 is 160 Å². The lowest BCUT2D eigenvalue weighted by molar-refractivity contribution is 0.599. The number of hydrogen-bond acceptors (Lipinski definition) is 3. The largest absolute Gasteiger partial charge is 0.455 e. The average Bonchev–Trinajstić information content (AvgIpc) is 3.74. The summed E-state index contributed by atoms with van der Waals surface area (Å²) in [5, 5.41) is 2.79. The van der Waals surface area contributed by atoms with Crippen LogP contribution in [0.25, 0.3) is 99.9 Å². The van der Waals surface area contributed by atoms with Crippen LogP contribution in [0.15, 0.2) is 198 Å². The molecule has 0 atom stereocenters. The Balaban J connectivity index is 1.36. The van der Waals surface area contributed by atoms with Crippen molar-refractivity contribution < 1.29 is 30.5 Å². The number of benzene rings is 7. The lowest BCUT2D eigenvalue weighted by Crippen LogP contribution is -1.91. The van der Waals surface area contributed by atoms with E-state index in [1.807, 2.05) is 36.4 Å². The standard InChI is InChI=1S/C50H32N2O/c1-4-14-33(15-5-1)45-46(34-16-6-2-7-17-34)50(53-49(45)37-18-8-3-9-19-37)39-21-12-20-38(32-39)40-28-29-43(42-24-11-10-23-41(40)42)44-30-27-36-26-25-35-22-13-31-51-47(35)48(36)52-44/h1-32H/i1D,2D,3D,4D,5D,6D,7D,8D,9D,12D,14D,15D,16D,17D,18D,19D,20D,21D,32D. The molecule has 0 aliphatic carbocycles. The van der Waals surface area contributed by atoms with Crippen LogP contribution in [-0.2, 0) is 0 Å². The molecule has 0 bridgehead atoms. The summed E-state index contributed by atoms with van der Waals surface area (Å²) in [4.78, 5) is 9.61. The van der Waals surface area contributed by atoms with Crippen LogP contribution < -0.4 is 0 Å². The van der Waals surface area contributed by atoms with Crippen LogP contribution in [0.3, 0.4) is 0 Å². The van der Waals surface area contributed by atoms with E-state index in [0.29, 0.717) is 33.1 Å². The predicted octanol–water partition coefficient (Wildman–Crippen LogP) is 13.5. The summed E-state index contributed by atoms with van der Waals surface area (Å²) in [7, 11) is 0. The van der Waals surface area contributed by atoms with Crippen molar-refractivity contribution in [2.75, 3.05) is 0 Å². The topological polar surface area (TPSA) is 38.9 Å². The maximum Gasteiger partial charge on any atom is 0.143 e. The van der Waals surface area contributed by atoms with Crippen molar-refractivity contribution in [1.29, 1.82) is 0 Å². The fraction of sp³-hybridized carbons (Fsp3) is 0. The number of fused-ring (bicyclic) bond motifs is 4. The molecule has 0 aliphatic heterocycles. The molecule has 0 N–H and O–H groups in total. The van der Waals surface area contributed by atoms with Gasteiger partial charge in [0.2, 0.25) is 0 Å². The number of rotatable bonds is 6. The predicted molar refractivity (Wildman–Crippen MR) is 219 cm³/mol. The molecule has 3 aromatic heterocycles. The molecule has 0 saturated heterocycles. The van der Waals surface area contributed by atoms with Gasteiger partial charge >= 0.3 is 0 Å². The Morgan fingerprint density at radius 1 is 0.434 bits per heavy atom. The molecule has 248 valence electrons. The highest BCUT2D eigenvalue weighted by Gasteiger charge is 2.25. The van der Waals surface area contributed by atoms with Gasteiger partial charge in [0, 0.05) is 44.8 Å². The number of pyridine rings is 2. The fourth-order valence-corrected chi connectivity index (χ4v) is 6.58. The highest BCUT2D eigenvalue weighted by atomic mass is 16.3. The summed E-state index contributed by atoms with van der Waals surface area (Å²) in [6.45, 7) is 0. The van der Waals surface area contributed by atoms with Gasteiger partial charge in [-0.25, -0.2) is 4.98 Å². The third-order valence-corrected chi connectivity index (χ3v) is 8.89. The summed E-state index contributed by atoms with van der Waals surface area (Å²) < 4.78 is 176. The smallest absolute Gasteiger partial charge is 0.143 e. The number of hydrogen-bond donors (Lipinski definition) is 0. The zero-order chi connectivity index (χ0) is 51.7. The Kier molecular flexibility index (Phi) is 4.12. The zero-order valence-corrected chi connectivity index (χ0v) is 27.3. The molecule has 3 nitrogen and oxygen atoms in total. The van der Waals surface area contributed by atoms with Crippen molar-refractivity contribution >= 4 is 32.6 Å². The van der Waals surface area contributed by atoms with E-state index in [0.717, 1.165) is 10.8 Å². The molecule has 0 amide bonds. The van der Waals surface area contributed by atoms with E-state index in [1.54, 1.807) is 42.6 Å². The molecule has 0 aliphatic rings. The van der Waals surface area contributed by atoms with Gasteiger partial charge in [0.15, 0.2) is 0 Å². The van der Waals surface area contributed by atoms with Crippen LogP contribution in [0.2, 0.25) is 0 Å². The lowest BCUT2D eigenvalue weighted by atomic mass is 9.90. The minimum Gasteiger partial charge on any atom is -0.455 e. The summed E-state index contributed by atoms with van der Waals surface area (Å²) in [5.74, 6) is -1.59. The molecule has 0 fully saturated rings. The maximum atomic E-state index is 9.98. The monoisotopic (exact) mass is 695 g/mol. The zero-order valence-electron chi connectivity index (χ0n) is 46.3. The van der Waals surface area contributed by atoms with Crippen LogP contribution in [0.5, 0.6) is 0 Å². The van der Waals surface area contributed by atoms with Gasteiger partial charge in [-0.05, 0) is 51.2 Å². The molecule has 0 unspecified atom stereocenters. The summed E-state index contributed by atoms with van der Waals surface area (Å²) in [6, 6.07) is 5.29. The third kappa shape index (κ3) is 5.38. The molecule has 10 aromatic rings. The van der Waals surface area contributed by atoms with Gasteiger partial charge in [-0.1, -0.05) is 169 Å². The molecule has 3 heterocycles. The van der Waals surface area contributed by atoms with E-state index in [1.165, 1.54) is 0 Å². The molecule has 0 radical (unpaired) electrons. The SMILES string of the molecule is [2H]c1c([2H])c([2H])c(-c2oc(-c3c([2H])c([2H])c([2H])c(-c4ccc(-c5ccc6ccc7cccnc7c6n5)c5ccccc45)c3[2H])c(-c3c([2H])c([2H])c([2H])c([2H])c3[2H])c2-c2c([2H])c([2H])c([2H])c([2H])c2[2H])c([2H])c1[2H]. The number of aromatic nitrogens is 2. The van der Waals surface area contributed by atoms with E-state index in [4.69, 9.17) is 27.2 Å². The van der Waals surface area contributed by atoms with Gasteiger partial charge in [0.25, 0.3) is 0 Å². The number of nitrogens with zero attached hydrogens (tertiary/aromatic N) is 2. The van der Waals surface area contributed by atoms with E-state index in [-0.39, 0.29) is 11.1 Å². The van der Waals surface area contributed by atoms with Crippen molar-refractivity contribution in [2.24, 2.45) is 0 Å². The summed E-state index contributed by atoms with van der Waals surface area (Å²) in [6.07, 6.45) is 1.68. The lowest BCUT2D eigenvalue weighted by Gasteiger charge is -2.13. The Labute approximate surface area is 334 Å². The molecule has 10 rings (SSSR count). The van der Waals surface area contributed by atoms with E-state index in [9.17, 15) is 8.22 Å². The highest BCUT2D eigenvalue weighted by molar-refractivity contribution is 6.08. The van der Waals surface area contributed by atoms with Gasteiger partial charge in [-0.2, -0.15) is 0 Å². The molecule has 0 spiro atoms. The normalized spacial score (nSPS) is 16.4. The van der Waals surface area contributed by atoms with Crippen molar-refractivity contribution in [3.63, 3.8) is 0 Å². The van der Waals surface area contributed by atoms with Crippen molar-refractivity contribution in [3.05, 3.63) is 194 Å². The van der Waals surface area contributed by atoms with Crippen LogP contribution in [-0.4, -0.2) is 9.97 Å². The first kappa shape index (κ1) is 16.9. The molecule has 0 saturated carbocycles. The highest BCUT2D eigenvalue weighted by Crippen LogP contribution is 2.49. The molecule has 3 heteroatoms. The molecular weight excluding hydrogens is 645 g/mol. The van der Waals surface area contributed by atoms with Gasteiger partial charge in [-0.3, -0.25) is 4.98 Å². The first-order valence-corrected chi connectivity index (χ1v) is 16.4. The number of furan rings is 1. The fourth-order valence-electron chi connectivity index (χ4n) is 6.58. The first-order chi connectivity index (χ1) is 34.2. The molecule has 53 heavy (non-hydrogen) atoms. The van der Waals surface area contributed by atoms with E-state index in [2.05, 4.69) is 4.98 Å².